The highest BCUT2D eigenvalue weighted by Crippen LogP contribution is 2.10. The molecule has 0 heterocycles. The van der Waals surface area contributed by atoms with Crippen LogP contribution in [0.1, 0.15) is 22.7 Å². The largest absolute Gasteiger partial charge is 0.392 e. The average Bonchev–Trinajstić information content (AvgIpc) is 2.53. The van der Waals surface area contributed by atoms with Gasteiger partial charge >= 0.3 is 0 Å². The number of hydrogen-bond acceptors (Lipinski definition) is 3. The van der Waals surface area contributed by atoms with Crippen LogP contribution >= 0.6 is 0 Å². The predicted molar refractivity (Wildman–Crippen MR) is 77.6 cm³/mol. The van der Waals surface area contributed by atoms with Crippen molar-refractivity contribution in [2.45, 2.75) is 19.2 Å². The van der Waals surface area contributed by atoms with Crippen molar-refractivity contribution >= 4 is 5.91 Å². The molecule has 0 aliphatic rings. The third-order valence-electron chi connectivity index (χ3n) is 3.11. The maximum Gasteiger partial charge on any atom is 0.241 e. The smallest absolute Gasteiger partial charge is 0.241 e. The molecule has 1 amide bonds. The van der Waals surface area contributed by atoms with Crippen molar-refractivity contribution in [1.29, 1.82) is 0 Å². The molecule has 0 bridgehead atoms. The number of carbonyl (C=O) groups is 1. The molecule has 0 unspecified atom stereocenters. The Labute approximate surface area is 118 Å². The zero-order valence-corrected chi connectivity index (χ0v) is 11.1. The van der Waals surface area contributed by atoms with Gasteiger partial charge in [0.25, 0.3) is 0 Å². The van der Waals surface area contributed by atoms with Gasteiger partial charge < -0.3 is 16.2 Å². The number of aliphatic hydroxyl groups is 1. The van der Waals surface area contributed by atoms with E-state index in [1.807, 2.05) is 54.6 Å². The fraction of sp³-hybridized carbons (Fsp3) is 0.188. The minimum atomic E-state index is -0.659. The molecular formula is C16H18N2O2. The number of hydrogen-bond donors (Lipinski definition) is 3. The predicted octanol–water partition coefficient (Wildman–Crippen LogP) is 1.50. The first kappa shape index (κ1) is 14.2. The van der Waals surface area contributed by atoms with E-state index in [-0.39, 0.29) is 12.5 Å². The first-order valence-corrected chi connectivity index (χ1v) is 6.47. The van der Waals surface area contributed by atoms with Crippen molar-refractivity contribution in [3.63, 3.8) is 0 Å². The second-order valence-corrected chi connectivity index (χ2v) is 4.58. The summed E-state index contributed by atoms with van der Waals surface area (Å²) in [6, 6.07) is 16.0. The number of aliphatic hydroxyl groups excluding tert-OH is 1. The highest BCUT2D eigenvalue weighted by Gasteiger charge is 2.14. The molecule has 2 rings (SSSR count). The van der Waals surface area contributed by atoms with E-state index in [0.717, 1.165) is 16.7 Å². The van der Waals surface area contributed by atoms with Crippen LogP contribution in [0.2, 0.25) is 0 Å². The Bertz CT molecular complexity index is 552. The standard InChI is InChI=1S/C16H18N2O2/c17-15(14-4-2-1-3-5-14)16(20)18-10-12-6-8-13(11-19)9-7-12/h1-9,15,19H,10-11,17H2,(H,18,20)/t15-/m1/s1. The van der Waals surface area contributed by atoms with Gasteiger partial charge in [0, 0.05) is 6.54 Å². The van der Waals surface area contributed by atoms with Crippen LogP contribution in [0.5, 0.6) is 0 Å². The molecule has 20 heavy (non-hydrogen) atoms. The van der Waals surface area contributed by atoms with Gasteiger partial charge in [0.2, 0.25) is 5.91 Å². The number of carbonyl (C=O) groups excluding carboxylic acids is 1. The Morgan fingerprint density at radius 1 is 1.05 bits per heavy atom. The molecule has 4 N–H and O–H groups in total. The molecule has 0 saturated carbocycles. The zero-order chi connectivity index (χ0) is 14.4. The molecule has 2 aromatic rings. The fourth-order valence-corrected chi connectivity index (χ4v) is 1.87. The van der Waals surface area contributed by atoms with Crippen molar-refractivity contribution in [3.8, 4) is 0 Å². The van der Waals surface area contributed by atoms with E-state index in [9.17, 15) is 4.79 Å². The number of nitrogens with one attached hydrogen (secondary N) is 1. The molecular weight excluding hydrogens is 252 g/mol. The lowest BCUT2D eigenvalue weighted by molar-refractivity contribution is -0.122. The van der Waals surface area contributed by atoms with Gasteiger partial charge in [0.1, 0.15) is 6.04 Å². The summed E-state index contributed by atoms with van der Waals surface area (Å²) >= 11 is 0. The minimum absolute atomic E-state index is 0.0194. The minimum Gasteiger partial charge on any atom is -0.392 e. The van der Waals surface area contributed by atoms with Crippen LogP contribution < -0.4 is 11.1 Å². The van der Waals surface area contributed by atoms with E-state index in [4.69, 9.17) is 10.8 Å². The first-order valence-electron chi connectivity index (χ1n) is 6.47. The van der Waals surface area contributed by atoms with Crippen molar-refractivity contribution in [1.82, 2.24) is 5.32 Å². The molecule has 2 aromatic carbocycles. The summed E-state index contributed by atoms with van der Waals surface area (Å²) in [4.78, 5) is 12.0. The summed E-state index contributed by atoms with van der Waals surface area (Å²) in [6.45, 7) is 0.441. The van der Waals surface area contributed by atoms with Gasteiger partial charge in [-0.05, 0) is 16.7 Å². The quantitative estimate of drug-likeness (QED) is 0.770. The first-order chi connectivity index (χ1) is 9.70. The van der Waals surface area contributed by atoms with Crippen LogP contribution in [0.4, 0.5) is 0 Å². The third-order valence-corrected chi connectivity index (χ3v) is 3.11. The highest BCUT2D eigenvalue weighted by molar-refractivity contribution is 5.82. The summed E-state index contributed by atoms with van der Waals surface area (Å²) in [5.74, 6) is -0.206. The summed E-state index contributed by atoms with van der Waals surface area (Å²) in [6.07, 6.45) is 0. The molecule has 104 valence electrons. The van der Waals surface area contributed by atoms with Crippen molar-refractivity contribution in [2.75, 3.05) is 0 Å². The summed E-state index contributed by atoms with van der Waals surface area (Å²) in [7, 11) is 0. The summed E-state index contributed by atoms with van der Waals surface area (Å²) in [5, 5.41) is 11.8. The van der Waals surface area contributed by atoms with Crippen LogP contribution in [0, 0.1) is 0 Å². The van der Waals surface area contributed by atoms with E-state index in [1.54, 1.807) is 0 Å². The van der Waals surface area contributed by atoms with Crippen molar-refractivity contribution in [3.05, 3.63) is 71.3 Å². The Hall–Kier alpha value is -2.17. The van der Waals surface area contributed by atoms with Gasteiger partial charge in [0.15, 0.2) is 0 Å². The number of rotatable bonds is 5. The number of benzene rings is 2. The van der Waals surface area contributed by atoms with E-state index >= 15 is 0 Å². The molecule has 0 radical (unpaired) electrons. The molecule has 0 fully saturated rings. The lowest BCUT2D eigenvalue weighted by Crippen LogP contribution is -2.33. The number of amides is 1. The van der Waals surface area contributed by atoms with Crippen LogP contribution in [0.25, 0.3) is 0 Å². The second kappa shape index (κ2) is 6.84. The molecule has 4 nitrogen and oxygen atoms in total. The Morgan fingerprint density at radius 2 is 1.65 bits per heavy atom. The maximum absolute atomic E-state index is 12.0. The van der Waals surface area contributed by atoms with Crippen LogP contribution in [-0.4, -0.2) is 11.0 Å². The third kappa shape index (κ3) is 3.66. The lowest BCUT2D eigenvalue weighted by atomic mass is 10.1. The number of nitrogens with two attached hydrogens (primary N) is 1. The molecule has 0 aromatic heterocycles. The monoisotopic (exact) mass is 270 g/mol. The van der Waals surface area contributed by atoms with E-state index in [1.165, 1.54) is 0 Å². The lowest BCUT2D eigenvalue weighted by Gasteiger charge is -2.12. The Morgan fingerprint density at radius 3 is 2.25 bits per heavy atom. The molecule has 0 aliphatic heterocycles. The van der Waals surface area contributed by atoms with Gasteiger partial charge in [0.05, 0.1) is 6.61 Å². The Kier molecular flexibility index (Phi) is 4.87. The summed E-state index contributed by atoms with van der Waals surface area (Å²) < 4.78 is 0. The summed E-state index contributed by atoms with van der Waals surface area (Å²) in [5.41, 5.74) is 8.51. The average molecular weight is 270 g/mol. The Balaban J connectivity index is 1.91. The SMILES string of the molecule is N[C@@H](C(=O)NCc1ccc(CO)cc1)c1ccccc1. The molecule has 0 aliphatic carbocycles. The van der Waals surface area contributed by atoms with E-state index in [2.05, 4.69) is 5.32 Å². The topological polar surface area (TPSA) is 75.4 Å². The maximum atomic E-state index is 12.0. The second-order valence-electron chi connectivity index (χ2n) is 4.58. The molecule has 4 heteroatoms. The highest BCUT2D eigenvalue weighted by atomic mass is 16.3. The van der Waals surface area contributed by atoms with Gasteiger partial charge in [-0.25, -0.2) is 0 Å². The van der Waals surface area contributed by atoms with E-state index in [0.29, 0.717) is 6.54 Å². The van der Waals surface area contributed by atoms with Crippen LogP contribution in [0.3, 0.4) is 0 Å². The van der Waals surface area contributed by atoms with Crippen LogP contribution in [0.15, 0.2) is 54.6 Å². The van der Waals surface area contributed by atoms with Gasteiger partial charge in [-0.15, -0.1) is 0 Å². The van der Waals surface area contributed by atoms with Gasteiger partial charge in [-0.1, -0.05) is 54.6 Å². The van der Waals surface area contributed by atoms with Crippen molar-refractivity contribution < 1.29 is 9.90 Å². The fourth-order valence-electron chi connectivity index (χ4n) is 1.87. The van der Waals surface area contributed by atoms with Gasteiger partial charge in [-0.2, -0.15) is 0 Å². The van der Waals surface area contributed by atoms with Crippen molar-refractivity contribution in [2.24, 2.45) is 5.73 Å². The zero-order valence-electron chi connectivity index (χ0n) is 11.1. The molecule has 0 saturated heterocycles. The van der Waals surface area contributed by atoms with Crippen LogP contribution in [-0.2, 0) is 17.9 Å². The molecule has 0 spiro atoms. The van der Waals surface area contributed by atoms with E-state index < -0.39 is 6.04 Å². The molecule has 1 atom stereocenters. The normalized spacial score (nSPS) is 11.9. The van der Waals surface area contributed by atoms with Gasteiger partial charge in [-0.3, -0.25) is 4.79 Å².